The van der Waals surface area contributed by atoms with E-state index in [2.05, 4.69) is 33.0 Å². The summed E-state index contributed by atoms with van der Waals surface area (Å²) in [5, 5.41) is 14.1. The van der Waals surface area contributed by atoms with Gasteiger partial charge >= 0.3 is 0 Å². The lowest BCUT2D eigenvalue weighted by atomic mass is 10.0. The number of nitrogens with zero attached hydrogens (tertiary/aromatic N) is 5. The van der Waals surface area contributed by atoms with Crippen LogP contribution in [0, 0.1) is 25.2 Å². The van der Waals surface area contributed by atoms with Crippen LogP contribution in [-0.4, -0.2) is 24.7 Å². The fraction of sp³-hybridized carbons (Fsp3) is 0.368. The molecule has 0 aliphatic rings. The first kappa shape index (κ1) is 17.7. The fourth-order valence-corrected chi connectivity index (χ4v) is 3.07. The first-order valence-electron chi connectivity index (χ1n) is 8.79. The highest BCUT2D eigenvalue weighted by atomic mass is 15.3. The Hall–Kier alpha value is -3.14. The van der Waals surface area contributed by atoms with Crippen LogP contribution >= 0.6 is 0 Å². The zero-order valence-electron chi connectivity index (χ0n) is 15.6. The van der Waals surface area contributed by atoms with Crippen molar-refractivity contribution in [1.82, 2.24) is 24.7 Å². The van der Waals surface area contributed by atoms with Crippen LogP contribution in [0.15, 0.2) is 12.3 Å². The van der Waals surface area contributed by atoms with E-state index in [0.717, 1.165) is 47.9 Å². The average molecular weight is 349 g/mol. The predicted molar refractivity (Wildman–Crippen MR) is 101 cm³/mol. The minimum atomic E-state index is 0.211. The molecule has 3 N–H and O–H groups in total. The lowest BCUT2D eigenvalue weighted by Crippen LogP contribution is -2.00. The molecule has 7 heteroatoms. The van der Waals surface area contributed by atoms with E-state index in [1.54, 1.807) is 0 Å². The molecular weight excluding hydrogens is 326 g/mol. The van der Waals surface area contributed by atoms with Crippen LogP contribution < -0.4 is 5.73 Å². The molecule has 0 bridgehead atoms. The maximum absolute atomic E-state index is 9.58. The first-order chi connectivity index (χ1) is 12.5. The molecule has 0 unspecified atom stereocenters. The van der Waals surface area contributed by atoms with Gasteiger partial charge in [0.25, 0.3) is 0 Å². The van der Waals surface area contributed by atoms with Gasteiger partial charge in [0, 0.05) is 36.0 Å². The summed E-state index contributed by atoms with van der Waals surface area (Å²) in [4.78, 5) is 12.3. The summed E-state index contributed by atoms with van der Waals surface area (Å²) in [6.07, 6.45) is 3.77. The summed E-state index contributed by atoms with van der Waals surface area (Å²) in [6, 6.07) is 4.06. The number of pyridine rings is 1. The standard InChI is InChI=1S/C19H23N7/c1-5-7-26-10-15(11(3)25-26)16-8-13(14(9-20)19(21)23-16)18-12(4)22-17(6-2)24-18/h8,10H,5-7H2,1-4H3,(H2,21,23)(H,22,24). The van der Waals surface area contributed by atoms with Crippen molar-refractivity contribution in [3.8, 4) is 28.6 Å². The molecule has 3 heterocycles. The molecule has 0 aliphatic carbocycles. The Morgan fingerprint density at radius 2 is 2.00 bits per heavy atom. The summed E-state index contributed by atoms with van der Waals surface area (Å²) < 4.78 is 1.91. The second kappa shape index (κ2) is 7.00. The number of nitrogen functional groups attached to an aromatic ring is 1. The van der Waals surface area contributed by atoms with Crippen molar-refractivity contribution in [2.45, 2.75) is 47.1 Å². The highest BCUT2D eigenvalue weighted by Crippen LogP contribution is 2.32. The molecule has 0 radical (unpaired) electrons. The van der Waals surface area contributed by atoms with Crippen molar-refractivity contribution < 1.29 is 0 Å². The smallest absolute Gasteiger partial charge is 0.142 e. The minimum Gasteiger partial charge on any atom is -0.383 e. The Balaban J connectivity index is 2.20. The largest absolute Gasteiger partial charge is 0.383 e. The van der Waals surface area contributed by atoms with E-state index in [0.29, 0.717) is 16.8 Å². The second-order valence-electron chi connectivity index (χ2n) is 6.33. The summed E-state index contributed by atoms with van der Waals surface area (Å²) >= 11 is 0. The van der Waals surface area contributed by atoms with Gasteiger partial charge < -0.3 is 10.7 Å². The van der Waals surface area contributed by atoms with Crippen LogP contribution in [0.1, 0.15) is 43.0 Å². The zero-order valence-corrected chi connectivity index (χ0v) is 15.6. The predicted octanol–water partition coefficient (Wildman–Crippen LogP) is 3.38. The van der Waals surface area contributed by atoms with Gasteiger partial charge in [0.2, 0.25) is 0 Å². The van der Waals surface area contributed by atoms with Gasteiger partial charge in [0.15, 0.2) is 0 Å². The minimum absolute atomic E-state index is 0.211. The molecule has 0 aromatic carbocycles. The van der Waals surface area contributed by atoms with Crippen molar-refractivity contribution in [1.29, 1.82) is 5.26 Å². The number of imidazole rings is 1. The Labute approximate surface area is 152 Å². The Bertz CT molecular complexity index is 988. The molecule has 134 valence electrons. The van der Waals surface area contributed by atoms with E-state index in [-0.39, 0.29) is 5.82 Å². The third kappa shape index (κ3) is 3.06. The second-order valence-corrected chi connectivity index (χ2v) is 6.33. The highest BCUT2D eigenvalue weighted by Gasteiger charge is 2.19. The van der Waals surface area contributed by atoms with Crippen molar-refractivity contribution in [3.63, 3.8) is 0 Å². The maximum atomic E-state index is 9.58. The average Bonchev–Trinajstić information content (AvgIpc) is 3.17. The number of aryl methyl sites for hydroxylation is 4. The van der Waals surface area contributed by atoms with Crippen LogP contribution in [0.5, 0.6) is 0 Å². The van der Waals surface area contributed by atoms with E-state index in [1.807, 2.05) is 37.7 Å². The number of nitrogens with one attached hydrogen (secondary N) is 1. The van der Waals surface area contributed by atoms with Crippen molar-refractivity contribution >= 4 is 5.82 Å². The topological polar surface area (TPSA) is 109 Å². The van der Waals surface area contributed by atoms with Crippen LogP contribution in [0.3, 0.4) is 0 Å². The lowest BCUT2D eigenvalue weighted by molar-refractivity contribution is 0.598. The van der Waals surface area contributed by atoms with E-state index in [9.17, 15) is 5.26 Å². The normalized spacial score (nSPS) is 10.9. The molecule has 0 spiro atoms. The number of nitrogens with two attached hydrogens (primary N) is 1. The van der Waals surface area contributed by atoms with Crippen molar-refractivity contribution in [2.24, 2.45) is 0 Å². The van der Waals surface area contributed by atoms with E-state index >= 15 is 0 Å². The van der Waals surface area contributed by atoms with Gasteiger partial charge in [0.05, 0.1) is 17.1 Å². The molecule has 3 rings (SSSR count). The molecule has 0 atom stereocenters. The number of anilines is 1. The molecule has 0 saturated heterocycles. The third-order valence-corrected chi connectivity index (χ3v) is 4.36. The zero-order chi connectivity index (χ0) is 18.8. The monoisotopic (exact) mass is 349 g/mol. The number of nitriles is 1. The third-order valence-electron chi connectivity index (χ3n) is 4.36. The number of hydrogen-bond donors (Lipinski definition) is 2. The van der Waals surface area contributed by atoms with E-state index < -0.39 is 0 Å². The van der Waals surface area contributed by atoms with Gasteiger partial charge in [-0.15, -0.1) is 0 Å². The molecule has 0 amide bonds. The van der Waals surface area contributed by atoms with Gasteiger partial charge in [-0.3, -0.25) is 4.68 Å². The van der Waals surface area contributed by atoms with Gasteiger partial charge in [-0.25, -0.2) is 9.97 Å². The Morgan fingerprint density at radius 1 is 1.23 bits per heavy atom. The number of hydrogen-bond acceptors (Lipinski definition) is 5. The SMILES string of the molecule is CCCn1cc(-c2cc(-c3nc(CC)[nH]c3C)c(C#N)c(N)n2)c(C)n1. The fourth-order valence-electron chi connectivity index (χ4n) is 3.07. The highest BCUT2D eigenvalue weighted by molar-refractivity contribution is 5.79. The number of rotatable bonds is 5. The molecule has 3 aromatic heterocycles. The van der Waals surface area contributed by atoms with Crippen molar-refractivity contribution in [3.05, 3.63) is 35.0 Å². The molecule has 0 fully saturated rings. The summed E-state index contributed by atoms with van der Waals surface area (Å²) in [5.41, 5.74) is 11.3. The van der Waals surface area contributed by atoms with Gasteiger partial charge in [-0.2, -0.15) is 10.4 Å². The lowest BCUT2D eigenvalue weighted by Gasteiger charge is -2.08. The molecular formula is C19H23N7. The van der Waals surface area contributed by atoms with Crippen LogP contribution in [0.4, 0.5) is 5.82 Å². The quantitative estimate of drug-likeness (QED) is 0.734. The van der Waals surface area contributed by atoms with Crippen LogP contribution in [-0.2, 0) is 13.0 Å². The van der Waals surface area contributed by atoms with Gasteiger partial charge in [-0.1, -0.05) is 13.8 Å². The number of H-pyrrole nitrogens is 1. The van der Waals surface area contributed by atoms with Crippen LogP contribution in [0.25, 0.3) is 22.5 Å². The first-order valence-corrected chi connectivity index (χ1v) is 8.79. The summed E-state index contributed by atoms with van der Waals surface area (Å²) in [7, 11) is 0. The number of aromatic amines is 1. The Morgan fingerprint density at radius 3 is 2.62 bits per heavy atom. The summed E-state index contributed by atoms with van der Waals surface area (Å²) in [5.74, 6) is 1.09. The van der Waals surface area contributed by atoms with Crippen molar-refractivity contribution in [2.75, 3.05) is 5.73 Å². The van der Waals surface area contributed by atoms with Gasteiger partial charge in [-0.05, 0) is 26.3 Å². The molecule has 26 heavy (non-hydrogen) atoms. The Kier molecular flexibility index (Phi) is 4.76. The van der Waals surface area contributed by atoms with E-state index in [4.69, 9.17) is 5.73 Å². The summed E-state index contributed by atoms with van der Waals surface area (Å²) in [6.45, 7) is 8.89. The molecule has 7 nitrogen and oxygen atoms in total. The van der Waals surface area contributed by atoms with Crippen LogP contribution in [0.2, 0.25) is 0 Å². The van der Waals surface area contributed by atoms with E-state index in [1.165, 1.54) is 0 Å². The molecule has 3 aromatic rings. The number of aromatic nitrogens is 5. The van der Waals surface area contributed by atoms with Gasteiger partial charge in [0.1, 0.15) is 23.3 Å². The molecule has 0 aliphatic heterocycles. The maximum Gasteiger partial charge on any atom is 0.142 e. The molecule has 0 saturated carbocycles.